The number of amides is 1. The van der Waals surface area contributed by atoms with Crippen molar-refractivity contribution in [2.75, 3.05) is 13.1 Å². The van der Waals surface area contributed by atoms with E-state index in [0.29, 0.717) is 13.0 Å². The van der Waals surface area contributed by atoms with Gasteiger partial charge in [-0.2, -0.15) is 5.10 Å². The van der Waals surface area contributed by atoms with Gasteiger partial charge in [0.2, 0.25) is 5.91 Å². The topological polar surface area (TPSA) is 63.1 Å². The van der Waals surface area contributed by atoms with Crippen LogP contribution < -0.4 is 5.32 Å². The lowest BCUT2D eigenvalue weighted by molar-refractivity contribution is -0.122. The summed E-state index contributed by atoms with van der Waals surface area (Å²) >= 11 is 0. The Morgan fingerprint density at radius 1 is 1.19 bits per heavy atom. The molecule has 2 aromatic heterocycles. The minimum absolute atomic E-state index is 0.0600. The first kappa shape index (κ1) is 17.2. The Bertz CT molecular complexity index is 723. The molecular formula is C20H27N5O. The minimum Gasteiger partial charge on any atom is -0.350 e. The van der Waals surface area contributed by atoms with Gasteiger partial charge in [-0.05, 0) is 37.0 Å². The second kappa shape index (κ2) is 7.99. The molecule has 3 heterocycles. The van der Waals surface area contributed by atoms with Gasteiger partial charge in [-0.1, -0.05) is 18.9 Å². The molecule has 6 heteroatoms. The van der Waals surface area contributed by atoms with Gasteiger partial charge in [0, 0.05) is 32.0 Å². The summed E-state index contributed by atoms with van der Waals surface area (Å²) in [6.07, 6.45) is 9.51. The number of hydrogen-bond acceptors (Lipinski definition) is 4. The van der Waals surface area contributed by atoms with Crippen LogP contribution in [0.3, 0.4) is 0 Å². The summed E-state index contributed by atoms with van der Waals surface area (Å²) in [5.41, 5.74) is 2.10. The first-order valence-electron chi connectivity index (χ1n) is 9.69. The van der Waals surface area contributed by atoms with Crippen molar-refractivity contribution >= 4 is 5.91 Å². The third-order valence-electron chi connectivity index (χ3n) is 5.56. The van der Waals surface area contributed by atoms with Gasteiger partial charge in [0.05, 0.1) is 30.4 Å². The Hall–Kier alpha value is -2.21. The largest absolute Gasteiger partial charge is 0.350 e. The fraction of sp³-hybridized carbons (Fsp3) is 0.550. The van der Waals surface area contributed by atoms with Crippen LogP contribution in [0.4, 0.5) is 0 Å². The molecule has 2 aromatic rings. The average molecular weight is 353 g/mol. The van der Waals surface area contributed by atoms with E-state index < -0.39 is 0 Å². The molecule has 1 fully saturated rings. The number of nitrogens with one attached hydrogen (secondary N) is 1. The van der Waals surface area contributed by atoms with E-state index in [0.717, 1.165) is 31.2 Å². The summed E-state index contributed by atoms with van der Waals surface area (Å²) in [4.78, 5) is 19.2. The summed E-state index contributed by atoms with van der Waals surface area (Å²) in [6, 6.07) is 7.94. The van der Waals surface area contributed by atoms with Gasteiger partial charge < -0.3 is 5.32 Å². The van der Waals surface area contributed by atoms with Gasteiger partial charge in [0.25, 0.3) is 0 Å². The highest BCUT2D eigenvalue weighted by Gasteiger charge is 2.29. The molecule has 1 saturated carbocycles. The number of nitrogens with zero attached hydrogens (tertiary/aromatic N) is 4. The third kappa shape index (κ3) is 4.12. The quantitative estimate of drug-likeness (QED) is 0.867. The number of carbonyl (C=O) groups excluding carboxylic acids is 1. The van der Waals surface area contributed by atoms with Crippen molar-refractivity contribution in [2.45, 2.75) is 51.2 Å². The van der Waals surface area contributed by atoms with Crippen molar-refractivity contribution < 1.29 is 4.79 Å². The second-order valence-electron chi connectivity index (χ2n) is 7.57. The molecule has 1 aliphatic heterocycles. The minimum atomic E-state index is 0.0600. The molecule has 4 rings (SSSR count). The van der Waals surface area contributed by atoms with Gasteiger partial charge in [-0.3, -0.25) is 19.4 Å². The monoisotopic (exact) mass is 353 g/mol. The Balaban J connectivity index is 1.36. The second-order valence-corrected chi connectivity index (χ2v) is 7.57. The van der Waals surface area contributed by atoms with Crippen molar-refractivity contribution in [2.24, 2.45) is 5.92 Å². The smallest absolute Gasteiger partial charge is 0.222 e. The van der Waals surface area contributed by atoms with Crippen molar-refractivity contribution in [1.82, 2.24) is 25.0 Å². The van der Waals surface area contributed by atoms with Crippen LogP contribution in [0.15, 0.2) is 36.7 Å². The SMILES string of the molecule is O=C(C[C@H]1CN(CC2CCCC2)Cc2ccnn21)NCc1ccccn1. The maximum atomic E-state index is 12.5. The van der Waals surface area contributed by atoms with Crippen LogP contribution >= 0.6 is 0 Å². The number of pyridine rings is 1. The molecule has 0 aromatic carbocycles. The highest BCUT2D eigenvalue weighted by atomic mass is 16.1. The first-order chi connectivity index (χ1) is 12.8. The molecule has 0 spiro atoms. The molecule has 6 nitrogen and oxygen atoms in total. The van der Waals surface area contributed by atoms with E-state index in [-0.39, 0.29) is 11.9 Å². The summed E-state index contributed by atoms with van der Waals surface area (Å²) in [7, 11) is 0. The summed E-state index contributed by atoms with van der Waals surface area (Å²) in [6.45, 7) is 3.48. The average Bonchev–Trinajstić information content (AvgIpc) is 3.33. The number of rotatable bonds is 6. The third-order valence-corrected chi connectivity index (χ3v) is 5.56. The van der Waals surface area contributed by atoms with Crippen molar-refractivity contribution in [1.29, 1.82) is 0 Å². The molecule has 0 unspecified atom stereocenters. The standard InChI is InChI=1S/C20H27N5O/c26-20(22-12-17-7-3-4-9-21-17)11-19-15-24(13-16-5-1-2-6-16)14-18-8-10-23-25(18)19/h3-4,7-10,16,19H,1-2,5-6,11-15H2,(H,22,26)/t19-/m0/s1. The van der Waals surface area contributed by atoms with Gasteiger partial charge >= 0.3 is 0 Å². The molecule has 0 radical (unpaired) electrons. The number of carbonyl (C=O) groups is 1. The van der Waals surface area contributed by atoms with Crippen LogP contribution in [0.25, 0.3) is 0 Å². The van der Waals surface area contributed by atoms with E-state index >= 15 is 0 Å². The molecule has 26 heavy (non-hydrogen) atoms. The lowest BCUT2D eigenvalue weighted by Gasteiger charge is -2.35. The van der Waals surface area contributed by atoms with Crippen LogP contribution in [0, 0.1) is 5.92 Å². The van der Waals surface area contributed by atoms with E-state index in [2.05, 4.69) is 26.4 Å². The molecular weight excluding hydrogens is 326 g/mol. The Labute approximate surface area is 154 Å². The Kier molecular flexibility index (Phi) is 5.29. The zero-order chi connectivity index (χ0) is 17.8. The van der Waals surface area contributed by atoms with Crippen LogP contribution in [0.2, 0.25) is 0 Å². The highest BCUT2D eigenvalue weighted by Crippen LogP contribution is 2.29. The molecule has 138 valence electrons. The number of fused-ring (bicyclic) bond motifs is 1. The van der Waals surface area contributed by atoms with Gasteiger partial charge in [0.15, 0.2) is 0 Å². The van der Waals surface area contributed by atoms with Crippen molar-refractivity contribution in [3.63, 3.8) is 0 Å². The summed E-state index contributed by atoms with van der Waals surface area (Å²) < 4.78 is 2.05. The normalized spacial score (nSPS) is 20.8. The number of hydrogen-bond donors (Lipinski definition) is 1. The van der Waals surface area contributed by atoms with E-state index in [1.54, 1.807) is 6.20 Å². The van der Waals surface area contributed by atoms with E-state index in [1.165, 1.54) is 31.4 Å². The summed E-state index contributed by atoms with van der Waals surface area (Å²) in [5.74, 6) is 0.882. The fourth-order valence-electron chi connectivity index (χ4n) is 4.29. The zero-order valence-corrected chi connectivity index (χ0v) is 15.2. The molecule has 1 atom stereocenters. The molecule has 2 aliphatic rings. The van der Waals surface area contributed by atoms with Crippen LogP contribution in [-0.4, -0.2) is 38.7 Å². The maximum absolute atomic E-state index is 12.5. The predicted octanol–water partition coefficient (Wildman–Crippen LogP) is 2.53. The van der Waals surface area contributed by atoms with E-state index in [4.69, 9.17) is 0 Å². The Morgan fingerprint density at radius 3 is 2.88 bits per heavy atom. The first-order valence-corrected chi connectivity index (χ1v) is 9.69. The lowest BCUT2D eigenvalue weighted by Crippen LogP contribution is -2.41. The van der Waals surface area contributed by atoms with Crippen LogP contribution in [-0.2, 0) is 17.9 Å². The van der Waals surface area contributed by atoms with Crippen LogP contribution in [0.5, 0.6) is 0 Å². The predicted molar refractivity (Wildman–Crippen MR) is 99.2 cm³/mol. The van der Waals surface area contributed by atoms with Crippen molar-refractivity contribution in [3.8, 4) is 0 Å². The van der Waals surface area contributed by atoms with E-state index in [9.17, 15) is 4.79 Å². The summed E-state index contributed by atoms with van der Waals surface area (Å²) in [5, 5.41) is 7.47. The van der Waals surface area contributed by atoms with Crippen LogP contribution in [0.1, 0.15) is 49.5 Å². The zero-order valence-electron chi connectivity index (χ0n) is 15.2. The highest BCUT2D eigenvalue weighted by molar-refractivity contribution is 5.76. The molecule has 1 aliphatic carbocycles. The lowest BCUT2D eigenvalue weighted by atomic mass is 10.0. The fourth-order valence-corrected chi connectivity index (χ4v) is 4.29. The molecule has 1 amide bonds. The Morgan fingerprint density at radius 2 is 2.08 bits per heavy atom. The maximum Gasteiger partial charge on any atom is 0.222 e. The number of aromatic nitrogens is 3. The van der Waals surface area contributed by atoms with Gasteiger partial charge in [-0.25, -0.2) is 0 Å². The van der Waals surface area contributed by atoms with Gasteiger partial charge in [-0.15, -0.1) is 0 Å². The van der Waals surface area contributed by atoms with Gasteiger partial charge in [0.1, 0.15) is 0 Å². The molecule has 1 N–H and O–H groups in total. The van der Waals surface area contributed by atoms with Crippen molar-refractivity contribution in [3.05, 3.63) is 48.0 Å². The van der Waals surface area contributed by atoms with E-state index in [1.807, 2.05) is 29.1 Å². The molecule has 0 saturated heterocycles. The molecule has 0 bridgehead atoms.